The zero-order valence-electron chi connectivity index (χ0n) is 5.35. The van der Waals surface area contributed by atoms with Crippen LogP contribution in [0.4, 0.5) is 0 Å². The van der Waals surface area contributed by atoms with E-state index >= 15 is 0 Å². The van der Waals surface area contributed by atoms with Crippen molar-refractivity contribution in [3.05, 3.63) is 28.5 Å². The van der Waals surface area contributed by atoms with Crippen LogP contribution in [0.2, 0.25) is 0 Å². The summed E-state index contributed by atoms with van der Waals surface area (Å²) in [6, 6.07) is 3.92. The van der Waals surface area contributed by atoms with Gasteiger partial charge in [0.25, 0.3) is 0 Å². The molecule has 1 aromatic rings. The smallest absolute Gasteiger partial charge is 0.0553 e. The summed E-state index contributed by atoms with van der Waals surface area (Å²) in [5.41, 5.74) is 1.11. The highest BCUT2D eigenvalue weighted by Gasteiger charge is 1.96. The van der Waals surface area contributed by atoms with Gasteiger partial charge in [0, 0.05) is 22.4 Å². The second kappa shape index (κ2) is 4.09. The molecule has 0 aliphatic heterocycles. The third kappa shape index (κ3) is 2.06. The van der Waals surface area contributed by atoms with Crippen LogP contribution >= 0.6 is 31.9 Å². The predicted octanol–water partition coefficient (Wildman–Crippen LogP) is 2.78. The summed E-state index contributed by atoms with van der Waals surface area (Å²) in [6.45, 7) is 0. The van der Waals surface area contributed by atoms with Gasteiger partial charge in [-0.2, -0.15) is 0 Å². The number of rotatable bonds is 2. The van der Waals surface area contributed by atoms with E-state index in [2.05, 4.69) is 36.8 Å². The van der Waals surface area contributed by atoms with Crippen molar-refractivity contribution in [2.45, 2.75) is 6.42 Å². The molecule has 0 saturated heterocycles. The number of aryl methyl sites for hydroxylation is 1. The largest absolute Gasteiger partial charge is 0.260 e. The molecule has 0 saturated carbocycles. The molecule has 3 heteroatoms. The van der Waals surface area contributed by atoms with Gasteiger partial charge >= 0.3 is 0 Å². The number of pyridine rings is 1. The van der Waals surface area contributed by atoms with Gasteiger partial charge in [0.15, 0.2) is 0 Å². The van der Waals surface area contributed by atoms with E-state index in [9.17, 15) is 0 Å². The minimum Gasteiger partial charge on any atom is -0.260 e. The molecule has 0 fully saturated rings. The Labute approximate surface area is 77.1 Å². The number of halogens is 2. The highest BCUT2D eigenvalue weighted by molar-refractivity contribution is 9.10. The summed E-state index contributed by atoms with van der Waals surface area (Å²) in [6.07, 6.45) is 2.78. The number of nitrogens with zero attached hydrogens (tertiary/aromatic N) is 1. The SMILES string of the molecule is BrCCc1ncccc1Br. The standard InChI is InChI=1S/C7H7Br2N/c8-4-3-7-6(9)2-1-5-10-7/h1-2,5H,3-4H2. The first-order valence-corrected chi connectivity index (χ1v) is 4.91. The third-order valence-corrected chi connectivity index (χ3v) is 2.28. The predicted molar refractivity (Wildman–Crippen MR) is 49.4 cm³/mol. The molecular weight excluding hydrogens is 258 g/mol. The van der Waals surface area contributed by atoms with Crippen LogP contribution in [-0.4, -0.2) is 10.3 Å². The fourth-order valence-electron chi connectivity index (χ4n) is 0.692. The van der Waals surface area contributed by atoms with E-state index < -0.39 is 0 Å². The minimum atomic E-state index is 0.961. The van der Waals surface area contributed by atoms with Crippen LogP contribution in [0, 0.1) is 0 Å². The maximum absolute atomic E-state index is 4.19. The molecule has 0 N–H and O–H groups in total. The number of alkyl halides is 1. The second-order valence-corrected chi connectivity index (χ2v) is 3.52. The lowest BCUT2D eigenvalue weighted by Gasteiger charge is -1.97. The van der Waals surface area contributed by atoms with Gasteiger partial charge in [0.2, 0.25) is 0 Å². The average molecular weight is 265 g/mol. The van der Waals surface area contributed by atoms with Crippen molar-refractivity contribution >= 4 is 31.9 Å². The van der Waals surface area contributed by atoms with Crippen molar-refractivity contribution in [1.29, 1.82) is 0 Å². The van der Waals surface area contributed by atoms with Gasteiger partial charge in [-0.15, -0.1) is 0 Å². The third-order valence-electron chi connectivity index (χ3n) is 1.17. The van der Waals surface area contributed by atoms with Crippen LogP contribution in [0.1, 0.15) is 5.69 Å². The Morgan fingerprint density at radius 1 is 1.50 bits per heavy atom. The zero-order chi connectivity index (χ0) is 7.40. The monoisotopic (exact) mass is 263 g/mol. The van der Waals surface area contributed by atoms with Crippen molar-refractivity contribution in [2.75, 3.05) is 5.33 Å². The Balaban J connectivity index is 2.81. The molecule has 1 nitrogen and oxygen atoms in total. The van der Waals surface area contributed by atoms with Crippen LogP contribution in [-0.2, 0) is 6.42 Å². The molecule has 0 aliphatic rings. The van der Waals surface area contributed by atoms with Gasteiger partial charge in [0.05, 0.1) is 5.69 Å². The molecule has 10 heavy (non-hydrogen) atoms. The van der Waals surface area contributed by atoms with E-state index in [1.165, 1.54) is 0 Å². The van der Waals surface area contributed by atoms with Crippen molar-refractivity contribution in [1.82, 2.24) is 4.98 Å². The molecule has 0 unspecified atom stereocenters. The molecule has 1 aromatic heterocycles. The number of hydrogen-bond acceptors (Lipinski definition) is 1. The van der Waals surface area contributed by atoms with Crippen LogP contribution in [0.3, 0.4) is 0 Å². The molecular formula is C7H7Br2N. The first-order chi connectivity index (χ1) is 4.84. The molecule has 0 radical (unpaired) electrons. The highest BCUT2D eigenvalue weighted by Crippen LogP contribution is 2.13. The van der Waals surface area contributed by atoms with Gasteiger partial charge in [0.1, 0.15) is 0 Å². The van der Waals surface area contributed by atoms with Crippen molar-refractivity contribution < 1.29 is 0 Å². The number of hydrogen-bond donors (Lipinski definition) is 0. The zero-order valence-corrected chi connectivity index (χ0v) is 8.52. The summed E-state index contributed by atoms with van der Waals surface area (Å²) in [5, 5.41) is 0.961. The average Bonchev–Trinajstić information content (AvgIpc) is 1.94. The van der Waals surface area contributed by atoms with Gasteiger partial charge in [-0.1, -0.05) is 15.9 Å². The van der Waals surface area contributed by atoms with Crippen molar-refractivity contribution in [3.8, 4) is 0 Å². The van der Waals surface area contributed by atoms with Crippen LogP contribution in [0.25, 0.3) is 0 Å². The van der Waals surface area contributed by atoms with Crippen molar-refractivity contribution in [2.24, 2.45) is 0 Å². The van der Waals surface area contributed by atoms with Gasteiger partial charge < -0.3 is 0 Å². The summed E-state index contributed by atoms with van der Waals surface area (Å²) in [4.78, 5) is 4.19. The lowest BCUT2D eigenvalue weighted by atomic mass is 10.3. The summed E-state index contributed by atoms with van der Waals surface area (Å²) < 4.78 is 1.09. The Kier molecular flexibility index (Phi) is 3.35. The Bertz CT molecular complexity index is 213. The molecule has 0 aliphatic carbocycles. The fourth-order valence-corrected chi connectivity index (χ4v) is 1.52. The second-order valence-electron chi connectivity index (χ2n) is 1.87. The molecule has 1 heterocycles. The van der Waals surface area contributed by atoms with E-state index in [0.29, 0.717) is 0 Å². The lowest BCUT2D eigenvalue weighted by molar-refractivity contribution is 1.04. The molecule has 0 atom stereocenters. The summed E-state index contributed by atoms with van der Waals surface area (Å²) in [5.74, 6) is 0. The Hall–Kier alpha value is 0.110. The normalized spacial score (nSPS) is 9.80. The molecule has 1 rings (SSSR count). The maximum Gasteiger partial charge on any atom is 0.0553 e. The topological polar surface area (TPSA) is 12.9 Å². The molecule has 0 bridgehead atoms. The first kappa shape index (κ1) is 8.21. The van der Waals surface area contributed by atoms with E-state index in [4.69, 9.17) is 0 Å². The maximum atomic E-state index is 4.19. The van der Waals surface area contributed by atoms with E-state index in [0.717, 1.165) is 21.9 Å². The molecule has 0 amide bonds. The lowest BCUT2D eigenvalue weighted by Crippen LogP contribution is -1.90. The Morgan fingerprint density at radius 3 is 2.90 bits per heavy atom. The molecule has 0 spiro atoms. The van der Waals surface area contributed by atoms with Crippen molar-refractivity contribution in [3.63, 3.8) is 0 Å². The van der Waals surface area contributed by atoms with Gasteiger partial charge in [-0.05, 0) is 28.1 Å². The number of aromatic nitrogens is 1. The highest BCUT2D eigenvalue weighted by atomic mass is 79.9. The van der Waals surface area contributed by atoms with Gasteiger partial charge in [-0.3, -0.25) is 4.98 Å². The quantitative estimate of drug-likeness (QED) is 0.749. The van der Waals surface area contributed by atoms with E-state index in [1.54, 1.807) is 0 Å². The van der Waals surface area contributed by atoms with E-state index in [1.807, 2.05) is 18.3 Å². The summed E-state index contributed by atoms with van der Waals surface area (Å²) in [7, 11) is 0. The first-order valence-electron chi connectivity index (χ1n) is 3.00. The Morgan fingerprint density at radius 2 is 2.30 bits per heavy atom. The summed E-state index contributed by atoms with van der Waals surface area (Å²) >= 11 is 6.77. The van der Waals surface area contributed by atoms with Gasteiger partial charge in [-0.25, -0.2) is 0 Å². The van der Waals surface area contributed by atoms with Crippen LogP contribution < -0.4 is 0 Å². The molecule has 0 aromatic carbocycles. The molecule has 54 valence electrons. The van der Waals surface area contributed by atoms with Crippen LogP contribution in [0.5, 0.6) is 0 Å². The minimum absolute atomic E-state index is 0.961. The van der Waals surface area contributed by atoms with Crippen LogP contribution in [0.15, 0.2) is 22.8 Å². The van der Waals surface area contributed by atoms with E-state index in [-0.39, 0.29) is 0 Å². The fraction of sp³-hybridized carbons (Fsp3) is 0.286.